The van der Waals surface area contributed by atoms with Gasteiger partial charge < -0.3 is 4.74 Å². The normalized spacial score (nSPS) is 24.9. The first-order valence-corrected chi connectivity index (χ1v) is 5.56. The molecule has 0 fully saturated rings. The van der Waals surface area contributed by atoms with Crippen LogP contribution in [0.3, 0.4) is 0 Å². The molecular formula is C14H8ClFO. The van der Waals surface area contributed by atoms with Crippen LogP contribution in [-0.4, -0.2) is 0 Å². The molecule has 1 nitrogen and oxygen atoms in total. The lowest BCUT2D eigenvalue weighted by Gasteiger charge is -2.19. The van der Waals surface area contributed by atoms with Gasteiger partial charge in [-0.25, -0.2) is 4.39 Å². The zero-order valence-corrected chi connectivity index (χ0v) is 9.54. The molecule has 0 N–H and O–H groups in total. The van der Waals surface area contributed by atoms with Gasteiger partial charge in [-0.3, -0.25) is 0 Å². The van der Waals surface area contributed by atoms with E-state index in [1.54, 1.807) is 18.2 Å². The number of benzene rings is 1. The maximum atomic E-state index is 13.7. The molecule has 3 heteroatoms. The van der Waals surface area contributed by atoms with E-state index in [-0.39, 0.29) is 11.6 Å². The second-order valence-corrected chi connectivity index (χ2v) is 4.21. The van der Waals surface area contributed by atoms with Crippen LogP contribution in [0.1, 0.15) is 5.56 Å². The molecule has 0 unspecified atom stereocenters. The highest BCUT2D eigenvalue weighted by atomic mass is 35.5. The Balaban J connectivity index is 2.22. The minimum Gasteiger partial charge on any atom is -0.454 e. The van der Waals surface area contributed by atoms with Gasteiger partial charge >= 0.3 is 0 Å². The number of allylic oxidation sites excluding steroid dienone is 7. The molecule has 1 heterocycles. The minimum atomic E-state index is -0.368. The summed E-state index contributed by atoms with van der Waals surface area (Å²) >= 11 is 5.94. The van der Waals surface area contributed by atoms with Crippen molar-refractivity contribution in [2.24, 2.45) is 0 Å². The Morgan fingerprint density at radius 1 is 1.18 bits per heavy atom. The summed E-state index contributed by atoms with van der Waals surface area (Å²) < 4.78 is 19.1. The molecule has 0 amide bonds. The van der Waals surface area contributed by atoms with E-state index in [1.807, 2.05) is 24.3 Å². The summed E-state index contributed by atoms with van der Waals surface area (Å²) in [5.74, 6) is 0.434. The van der Waals surface area contributed by atoms with Crippen molar-refractivity contribution in [3.8, 4) is 5.75 Å². The second kappa shape index (κ2) is 3.90. The fraction of sp³-hybridized carbons (Fsp3) is 0. The van der Waals surface area contributed by atoms with Gasteiger partial charge in [-0.1, -0.05) is 35.9 Å². The fourth-order valence-electron chi connectivity index (χ4n) is 1.85. The van der Waals surface area contributed by atoms with E-state index in [0.29, 0.717) is 10.8 Å². The van der Waals surface area contributed by atoms with Crippen molar-refractivity contribution in [3.63, 3.8) is 0 Å². The van der Waals surface area contributed by atoms with Crippen LogP contribution in [0.2, 0.25) is 0 Å². The van der Waals surface area contributed by atoms with Gasteiger partial charge in [0.2, 0.25) is 0 Å². The molecule has 2 aliphatic rings. The average Bonchev–Trinajstić information content (AvgIpc) is 2.28. The highest BCUT2D eigenvalue weighted by Gasteiger charge is 2.19. The van der Waals surface area contributed by atoms with Crippen molar-refractivity contribution in [1.82, 2.24) is 0 Å². The summed E-state index contributed by atoms with van der Waals surface area (Å²) in [7, 11) is 0. The number of para-hydroxylation sites is 1. The molecular weight excluding hydrogens is 239 g/mol. The maximum absolute atomic E-state index is 13.7. The lowest BCUT2D eigenvalue weighted by Crippen LogP contribution is -2.05. The summed E-state index contributed by atoms with van der Waals surface area (Å²) in [6.07, 6.45) is 8.99. The molecule has 1 aliphatic carbocycles. The monoisotopic (exact) mass is 246 g/mol. The zero-order valence-electron chi connectivity index (χ0n) is 8.78. The molecule has 0 atom stereocenters. The lowest BCUT2D eigenvalue weighted by molar-refractivity contribution is 0.406. The summed E-state index contributed by atoms with van der Waals surface area (Å²) in [5.41, 5.74) is 1.67. The Morgan fingerprint density at radius 2 is 2.06 bits per heavy atom. The number of hydrogen-bond acceptors (Lipinski definition) is 1. The molecule has 0 saturated carbocycles. The van der Waals surface area contributed by atoms with Gasteiger partial charge in [0.1, 0.15) is 5.76 Å². The summed E-state index contributed by atoms with van der Waals surface area (Å²) in [5, 5.41) is 0.548. The molecule has 17 heavy (non-hydrogen) atoms. The molecule has 0 aromatic heterocycles. The summed E-state index contributed by atoms with van der Waals surface area (Å²) in [6, 6.07) is 4.88. The third-order valence-electron chi connectivity index (χ3n) is 2.61. The van der Waals surface area contributed by atoms with Gasteiger partial charge in [0.15, 0.2) is 11.6 Å². The molecule has 0 radical (unpaired) electrons. The van der Waals surface area contributed by atoms with Crippen molar-refractivity contribution in [3.05, 3.63) is 70.8 Å². The van der Waals surface area contributed by atoms with Crippen LogP contribution in [0.4, 0.5) is 4.39 Å². The quantitative estimate of drug-likeness (QED) is 0.667. The Morgan fingerprint density at radius 3 is 2.94 bits per heavy atom. The Labute approximate surface area is 103 Å². The highest BCUT2D eigenvalue weighted by Crippen LogP contribution is 2.37. The van der Waals surface area contributed by atoms with Crippen molar-refractivity contribution in [2.45, 2.75) is 0 Å². The van der Waals surface area contributed by atoms with Crippen LogP contribution in [0.25, 0.3) is 5.57 Å². The van der Waals surface area contributed by atoms with Crippen LogP contribution in [0.5, 0.6) is 5.75 Å². The van der Waals surface area contributed by atoms with Gasteiger partial charge in [-0.05, 0) is 29.9 Å². The fourth-order valence-corrected chi connectivity index (χ4v) is 2.04. The summed E-state index contributed by atoms with van der Waals surface area (Å²) in [4.78, 5) is 0. The van der Waals surface area contributed by atoms with E-state index in [9.17, 15) is 4.39 Å². The van der Waals surface area contributed by atoms with Crippen molar-refractivity contribution >= 4 is 17.2 Å². The van der Waals surface area contributed by atoms with Crippen LogP contribution < -0.4 is 4.74 Å². The predicted octanol–water partition coefficient (Wildman–Crippen LogP) is 4.18. The molecule has 0 saturated heterocycles. The third kappa shape index (κ3) is 1.81. The van der Waals surface area contributed by atoms with Gasteiger partial charge in [0.05, 0.1) is 0 Å². The molecule has 2 bridgehead atoms. The number of halogens is 2. The molecule has 1 aromatic rings. The number of ether oxygens (including phenoxy) is 1. The minimum absolute atomic E-state index is 0.257. The molecule has 1 aliphatic heterocycles. The maximum Gasteiger partial charge on any atom is 0.170 e. The predicted molar refractivity (Wildman–Crippen MR) is 66.2 cm³/mol. The Kier molecular flexibility index (Phi) is 2.37. The van der Waals surface area contributed by atoms with Crippen LogP contribution in [0.15, 0.2) is 59.4 Å². The van der Waals surface area contributed by atoms with Gasteiger partial charge in [0.25, 0.3) is 0 Å². The third-order valence-corrected chi connectivity index (χ3v) is 2.84. The van der Waals surface area contributed by atoms with Crippen LogP contribution >= 0.6 is 11.6 Å². The number of fused-ring (bicyclic) bond motifs is 3. The van der Waals surface area contributed by atoms with Crippen LogP contribution in [-0.2, 0) is 0 Å². The molecule has 84 valence electrons. The Hall–Kier alpha value is -1.80. The first kappa shape index (κ1) is 10.4. The Bertz CT molecular complexity index is 609. The van der Waals surface area contributed by atoms with Gasteiger partial charge in [-0.15, -0.1) is 0 Å². The van der Waals surface area contributed by atoms with Crippen molar-refractivity contribution < 1.29 is 9.13 Å². The van der Waals surface area contributed by atoms with Crippen molar-refractivity contribution in [2.75, 3.05) is 0 Å². The van der Waals surface area contributed by atoms with E-state index < -0.39 is 0 Å². The zero-order chi connectivity index (χ0) is 11.8. The topological polar surface area (TPSA) is 9.23 Å². The van der Waals surface area contributed by atoms with E-state index in [0.717, 1.165) is 11.1 Å². The lowest BCUT2D eigenvalue weighted by atomic mass is 10.00. The van der Waals surface area contributed by atoms with E-state index in [4.69, 9.17) is 16.3 Å². The number of hydrogen-bond donors (Lipinski definition) is 0. The van der Waals surface area contributed by atoms with Gasteiger partial charge in [0, 0.05) is 10.6 Å². The van der Waals surface area contributed by atoms with E-state index in [2.05, 4.69) is 0 Å². The van der Waals surface area contributed by atoms with Crippen LogP contribution in [0, 0.1) is 5.82 Å². The SMILES string of the molecule is Fc1cccc2c1O/C1=C/C(Cl)=C\C=C\C2=C1. The van der Waals surface area contributed by atoms with Crippen molar-refractivity contribution in [1.29, 1.82) is 0 Å². The highest BCUT2D eigenvalue weighted by molar-refractivity contribution is 6.31. The number of rotatable bonds is 0. The smallest absolute Gasteiger partial charge is 0.170 e. The second-order valence-electron chi connectivity index (χ2n) is 3.78. The first-order chi connectivity index (χ1) is 8.24. The average molecular weight is 247 g/mol. The standard InChI is InChI=1S/C14H8ClFO/c15-10-4-1-3-9-7-11(8-10)17-14-12(9)5-2-6-13(14)16/h1-8H/b3-1+,4-1?,9-3?,10-4+,10-8?,11-8+. The van der Waals surface area contributed by atoms with E-state index in [1.165, 1.54) is 6.07 Å². The summed E-state index contributed by atoms with van der Waals surface area (Å²) in [6.45, 7) is 0. The molecule has 1 aromatic carbocycles. The molecule has 3 rings (SSSR count). The largest absolute Gasteiger partial charge is 0.454 e. The first-order valence-electron chi connectivity index (χ1n) is 5.18. The van der Waals surface area contributed by atoms with Gasteiger partial charge in [-0.2, -0.15) is 0 Å². The molecule has 0 spiro atoms. The van der Waals surface area contributed by atoms with E-state index >= 15 is 0 Å².